The summed E-state index contributed by atoms with van der Waals surface area (Å²) in [7, 11) is 0. The van der Waals surface area contributed by atoms with Crippen LogP contribution in [0.3, 0.4) is 0 Å². The van der Waals surface area contributed by atoms with Crippen LogP contribution in [0.1, 0.15) is 25.0 Å². The first-order valence-corrected chi connectivity index (χ1v) is 7.92. The number of rotatable bonds is 0. The van der Waals surface area contributed by atoms with Gasteiger partial charge in [-0.3, -0.25) is 0 Å². The summed E-state index contributed by atoms with van der Waals surface area (Å²) in [6, 6.07) is 18.9. The van der Waals surface area contributed by atoms with Gasteiger partial charge in [0.05, 0.1) is 0 Å². The van der Waals surface area contributed by atoms with Gasteiger partial charge in [-0.25, -0.2) is 0 Å². The molecule has 0 radical (unpaired) electrons. The maximum Gasteiger partial charge on any atom is 0.143 e. The molecule has 0 spiro atoms. The molecule has 0 atom stereocenters. The minimum atomic E-state index is -0.0362. The van der Waals surface area contributed by atoms with Crippen molar-refractivity contribution in [2.45, 2.75) is 19.3 Å². The van der Waals surface area contributed by atoms with Gasteiger partial charge in [0.1, 0.15) is 11.2 Å². The third kappa shape index (κ3) is 1.48. The summed E-state index contributed by atoms with van der Waals surface area (Å²) in [5.41, 5.74) is 13.8. The molecule has 23 heavy (non-hydrogen) atoms. The molecule has 0 aliphatic heterocycles. The molecule has 1 heterocycles. The second-order valence-electron chi connectivity index (χ2n) is 6.89. The Labute approximate surface area is 134 Å². The summed E-state index contributed by atoms with van der Waals surface area (Å²) in [5.74, 6) is 0. The second kappa shape index (κ2) is 3.96. The summed E-state index contributed by atoms with van der Waals surface area (Å²) < 4.78 is 6.24. The van der Waals surface area contributed by atoms with Crippen molar-refractivity contribution >= 4 is 27.6 Å². The van der Waals surface area contributed by atoms with E-state index in [1.807, 2.05) is 18.2 Å². The summed E-state index contributed by atoms with van der Waals surface area (Å²) in [5, 5.41) is 2.34. The Morgan fingerprint density at radius 2 is 1.65 bits per heavy atom. The van der Waals surface area contributed by atoms with E-state index < -0.39 is 0 Å². The monoisotopic (exact) mass is 299 g/mol. The number of furan rings is 1. The summed E-state index contributed by atoms with van der Waals surface area (Å²) in [6.45, 7) is 4.53. The van der Waals surface area contributed by atoms with Crippen molar-refractivity contribution < 1.29 is 4.42 Å². The van der Waals surface area contributed by atoms with Crippen LogP contribution in [-0.4, -0.2) is 0 Å². The van der Waals surface area contributed by atoms with Gasteiger partial charge in [-0.05, 0) is 34.9 Å². The number of nitrogen functional groups attached to an aromatic ring is 1. The molecule has 3 aromatic carbocycles. The highest BCUT2D eigenvalue weighted by molar-refractivity contribution is 6.11. The molecule has 2 nitrogen and oxygen atoms in total. The fourth-order valence-corrected chi connectivity index (χ4v) is 4.04. The van der Waals surface area contributed by atoms with Crippen LogP contribution in [0.2, 0.25) is 0 Å². The van der Waals surface area contributed by atoms with Crippen LogP contribution in [0.5, 0.6) is 0 Å². The number of nitrogens with two attached hydrogens (primary N) is 1. The largest absolute Gasteiger partial charge is 0.455 e. The molecule has 1 aliphatic rings. The molecule has 0 saturated carbocycles. The van der Waals surface area contributed by atoms with Crippen molar-refractivity contribution in [3.8, 4) is 11.1 Å². The first kappa shape index (κ1) is 12.8. The van der Waals surface area contributed by atoms with Crippen molar-refractivity contribution in [2.75, 3.05) is 5.73 Å². The number of benzene rings is 3. The smallest absolute Gasteiger partial charge is 0.143 e. The highest BCUT2D eigenvalue weighted by Crippen LogP contribution is 2.52. The van der Waals surface area contributed by atoms with E-state index in [2.05, 4.69) is 50.2 Å². The van der Waals surface area contributed by atoms with Crippen LogP contribution in [0, 0.1) is 0 Å². The Hall–Kier alpha value is -2.74. The molecule has 0 fully saturated rings. The quantitative estimate of drug-likeness (QED) is 0.437. The molecule has 1 aromatic heterocycles. The van der Waals surface area contributed by atoms with Crippen LogP contribution in [0.15, 0.2) is 59.0 Å². The highest BCUT2D eigenvalue weighted by atomic mass is 16.3. The fraction of sp³-hybridized carbons (Fsp3) is 0.143. The van der Waals surface area contributed by atoms with Crippen LogP contribution < -0.4 is 5.73 Å². The maximum atomic E-state index is 6.24. The van der Waals surface area contributed by atoms with Gasteiger partial charge in [0.25, 0.3) is 0 Å². The summed E-state index contributed by atoms with van der Waals surface area (Å²) >= 11 is 0. The van der Waals surface area contributed by atoms with E-state index in [0.29, 0.717) is 0 Å². The minimum absolute atomic E-state index is 0.0362. The average molecular weight is 299 g/mol. The Balaban J connectivity index is 2.01. The van der Waals surface area contributed by atoms with Crippen molar-refractivity contribution in [1.82, 2.24) is 0 Å². The molecule has 2 N–H and O–H groups in total. The lowest BCUT2D eigenvalue weighted by Crippen LogP contribution is -2.14. The van der Waals surface area contributed by atoms with E-state index in [9.17, 15) is 0 Å². The molecule has 0 saturated heterocycles. The highest BCUT2D eigenvalue weighted by Gasteiger charge is 2.37. The molecule has 0 unspecified atom stereocenters. The number of hydrogen-bond acceptors (Lipinski definition) is 2. The minimum Gasteiger partial charge on any atom is -0.455 e. The van der Waals surface area contributed by atoms with Crippen molar-refractivity contribution in [1.29, 1.82) is 0 Å². The summed E-state index contributed by atoms with van der Waals surface area (Å²) in [4.78, 5) is 0. The number of para-hydroxylation sites is 1. The number of fused-ring (bicyclic) bond motifs is 7. The van der Waals surface area contributed by atoms with Gasteiger partial charge in [-0.2, -0.15) is 0 Å². The Morgan fingerprint density at radius 1 is 0.870 bits per heavy atom. The molecular formula is C21H17NO. The van der Waals surface area contributed by atoms with Gasteiger partial charge < -0.3 is 10.2 Å². The van der Waals surface area contributed by atoms with Crippen LogP contribution >= 0.6 is 0 Å². The standard InChI is InChI=1S/C21H17NO/c1-21(2)16-9-7-12(22)11-15(16)19-17(21)10-8-14-13-5-3-4-6-18(13)23-20(14)19/h3-11H,22H2,1-2H3. The SMILES string of the molecule is CC1(C)c2ccc(N)cc2-c2c1ccc1c2oc2ccccc21. The molecule has 2 heteroatoms. The Kier molecular flexibility index (Phi) is 2.20. The molecular weight excluding hydrogens is 282 g/mol. The van der Waals surface area contributed by atoms with Gasteiger partial charge >= 0.3 is 0 Å². The van der Waals surface area contributed by atoms with Gasteiger partial charge in [0.15, 0.2) is 0 Å². The lowest BCUT2D eigenvalue weighted by molar-refractivity contribution is 0.653. The number of hydrogen-bond donors (Lipinski definition) is 1. The zero-order chi connectivity index (χ0) is 15.8. The Bertz CT molecular complexity index is 1100. The number of anilines is 1. The van der Waals surface area contributed by atoms with Gasteiger partial charge in [0.2, 0.25) is 0 Å². The first-order chi connectivity index (χ1) is 11.1. The second-order valence-corrected chi connectivity index (χ2v) is 6.89. The molecule has 0 amide bonds. The van der Waals surface area contributed by atoms with Crippen molar-refractivity contribution in [3.05, 3.63) is 65.7 Å². The van der Waals surface area contributed by atoms with Gasteiger partial charge in [-0.1, -0.05) is 50.2 Å². The third-order valence-corrected chi connectivity index (χ3v) is 5.21. The molecule has 1 aliphatic carbocycles. The van der Waals surface area contributed by atoms with E-state index in [1.54, 1.807) is 0 Å². The zero-order valence-corrected chi connectivity index (χ0v) is 13.2. The lowest BCUT2D eigenvalue weighted by atomic mass is 9.82. The molecule has 0 bridgehead atoms. The van der Waals surface area contributed by atoms with E-state index in [4.69, 9.17) is 10.2 Å². The fourth-order valence-electron chi connectivity index (χ4n) is 4.04. The van der Waals surface area contributed by atoms with Gasteiger partial charge in [0, 0.05) is 27.4 Å². The predicted octanol–water partition coefficient (Wildman–Crippen LogP) is 5.47. The van der Waals surface area contributed by atoms with E-state index in [1.165, 1.54) is 33.0 Å². The van der Waals surface area contributed by atoms with Gasteiger partial charge in [-0.15, -0.1) is 0 Å². The topological polar surface area (TPSA) is 39.2 Å². The van der Waals surface area contributed by atoms with E-state index >= 15 is 0 Å². The van der Waals surface area contributed by atoms with Crippen LogP contribution in [0.25, 0.3) is 33.1 Å². The third-order valence-electron chi connectivity index (χ3n) is 5.21. The van der Waals surface area contributed by atoms with Crippen molar-refractivity contribution in [2.24, 2.45) is 0 Å². The summed E-state index contributed by atoms with van der Waals surface area (Å²) in [6.07, 6.45) is 0. The lowest BCUT2D eigenvalue weighted by Gasteiger charge is -2.21. The Morgan fingerprint density at radius 3 is 2.52 bits per heavy atom. The normalized spacial score (nSPS) is 15.0. The maximum absolute atomic E-state index is 6.24. The predicted molar refractivity (Wildman–Crippen MR) is 95.7 cm³/mol. The molecule has 4 aromatic rings. The van der Waals surface area contributed by atoms with E-state index in [0.717, 1.165) is 16.9 Å². The van der Waals surface area contributed by atoms with Crippen LogP contribution in [0.4, 0.5) is 5.69 Å². The zero-order valence-electron chi connectivity index (χ0n) is 13.2. The van der Waals surface area contributed by atoms with Crippen molar-refractivity contribution in [3.63, 3.8) is 0 Å². The first-order valence-electron chi connectivity index (χ1n) is 7.92. The van der Waals surface area contributed by atoms with Crippen LogP contribution in [-0.2, 0) is 5.41 Å². The average Bonchev–Trinajstić information content (AvgIpc) is 3.01. The molecule has 112 valence electrons. The van der Waals surface area contributed by atoms with E-state index in [-0.39, 0.29) is 5.41 Å². The molecule has 5 rings (SSSR count).